The second-order valence-electron chi connectivity index (χ2n) is 6.56. The smallest absolute Gasteiger partial charge is 0.338 e. The molecule has 156 valence electrons. The Morgan fingerprint density at radius 2 is 1.71 bits per heavy atom. The molecule has 4 aromatic rings. The number of benzene rings is 2. The summed E-state index contributed by atoms with van der Waals surface area (Å²) in [5.74, 6) is -1.33. The standard InChI is InChI=1S/C23H17F2N3O3/c1-3-31-23(29)14-6-9-18-19(10-14)28-22(16-11-20(30-2)26-12-17(16)25)21(27-18)13-4-7-15(24)8-5-13/h4-12H,3H2,1-2H3. The minimum Gasteiger partial charge on any atom is -0.481 e. The van der Waals surface area contributed by atoms with E-state index >= 15 is 0 Å². The van der Waals surface area contributed by atoms with E-state index in [1.807, 2.05) is 0 Å². The third-order valence-corrected chi connectivity index (χ3v) is 4.59. The molecule has 0 aliphatic rings. The van der Waals surface area contributed by atoms with Gasteiger partial charge < -0.3 is 9.47 Å². The van der Waals surface area contributed by atoms with Gasteiger partial charge in [0, 0.05) is 17.2 Å². The first-order valence-electron chi connectivity index (χ1n) is 9.45. The van der Waals surface area contributed by atoms with Crippen molar-refractivity contribution in [2.45, 2.75) is 6.92 Å². The predicted octanol–water partition coefficient (Wildman–Crippen LogP) is 4.82. The number of ether oxygens (including phenoxy) is 2. The molecule has 31 heavy (non-hydrogen) atoms. The average Bonchev–Trinajstić information content (AvgIpc) is 2.79. The number of carbonyl (C=O) groups is 1. The van der Waals surface area contributed by atoms with Crippen molar-refractivity contribution >= 4 is 17.0 Å². The summed E-state index contributed by atoms with van der Waals surface area (Å²) in [6.07, 6.45) is 1.03. The lowest BCUT2D eigenvalue weighted by atomic mass is 10.0. The summed E-state index contributed by atoms with van der Waals surface area (Å²) < 4.78 is 38.4. The Bertz CT molecular complexity index is 1280. The second-order valence-corrected chi connectivity index (χ2v) is 6.56. The maximum Gasteiger partial charge on any atom is 0.338 e. The van der Waals surface area contributed by atoms with E-state index in [0.29, 0.717) is 27.9 Å². The molecule has 6 nitrogen and oxygen atoms in total. The quantitative estimate of drug-likeness (QED) is 0.430. The van der Waals surface area contributed by atoms with Crippen LogP contribution in [-0.2, 0) is 4.74 Å². The van der Waals surface area contributed by atoms with Crippen LogP contribution in [0.1, 0.15) is 17.3 Å². The molecular weight excluding hydrogens is 404 g/mol. The summed E-state index contributed by atoms with van der Waals surface area (Å²) in [6, 6.07) is 11.8. The highest BCUT2D eigenvalue weighted by Crippen LogP contribution is 2.34. The highest BCUT2D eigenvalue weighted by atomic mass is 19.1. The van der Waals surface area contributed by atoms with Gasteiger partial charge >= 0.3 is 5.97 Å². The van der Waals surface area contributed by atoms with Gasteiger partial charge in [0.15, 0.2) is 5.82 Å². The fraction of sp³-hybridized carbons (Fsp3) is 0.130. The van der Waals surface area contributed by atoms with Crippen molar-refractivity contribution in [2.75, 3.05) is 13.7 Å². The molecule has 0 unspecified atom stereocenters. The summed E-state index contributed by atoms with van der Waals surface area (Å²) in [7, 11) is 1.42. The van der Waals surface area contributed by atoms with Crippen molar-refractivity contribution in [3.05, 3.63) is 71.9 Å². The molecule has 2 aromatic heterocycles. The minimum atomic E-state index is -0.626. The number of esters is 1. The summed E-state index contributed by atoms with van der Waals surface area (Å²) >= 11 is 0. The van der Waals surface area contributed by atoms with Crippen LogP contribution in [0.15, 0.2) is 54.7 Å². The third kappa shape index (κ3) is 4.05. The Kier molecular flexibility index (Phi) is 5.53. The highest BCUT2D eigenvalue weighted by Gasteiger charge is 2.19. The van der Waals surface area contributed by atoms with Gasteiger partial charge in [-0.1, -0.05) is 0 Å². The minimum absolute atomic E-state index is 0.113. The van der Waals surface area contributed by atoms with Crippen LogP contribution < -0.4 is 4.74 Å². The lowest BCUT2D eigenvalue weighted by molar-refractivity contribution is 0.0526. The summed E-state index contributed by atoms with van der Waals surface area (Å²) in [4.78, 5) is 25.2. The molecule has 0 amide bonds. The van der Waals surface area contributed by atoms with Gasteiger partial charge in [0.1, 0.15) is 11.5 Å². The Morgan fingerprint density at radius 1 is 0.968 bits per heavy atom. The van der Waals surface area contributed by atoms with Gasteiger partial charge in [0.2, 0.25) is 5.88 Å². The van der Waals surface area contributed by atoms with Gasteiger partial charge in [0.25, 0.3) is 0 Å². The number of carbonyl (C=O) groups excluding carboxylic acids is 1. The van der Waals surface area contributed by atoms with Gasteiger partial charge in [-0.15, -0.1) is 0 Å². The number of methoxy groups -OCH3 is 1. The van der Waals surface area contributed by atoms with Crippen molar-refractivity contribution in [1.82, 2.24) is 15.0 Å². The molecule has 4 rings (SSSR count). The van der Waals surface area contributed by atoms with Crippen LogP contribution >= 0.6 is 0 Å². The molecule has 0 saturated heterocycles. The van der Waals surface area contributed by atoms with Crippen LogP contribution in [0.3, 0.4) is 0 Å². The SMILES string of the molecule is CCOC(=O)c1ccc2nc(-c3ccc(F)cc3)c(-c3cc(OC)ncc3F)nc2c1. The molecule has 0 atom stereocenters. The fourth-order valence-electron chi connectivity index (χ4n) is 3.11. The monoisotopic (exact) mass is 421 g/mol. The van der Waals surface area contributed by atoms with Gasteiger partial charge in [0.05, 0.1) is 42.2 Å². The van der Waals surface area contributed by atoms with Crippen LogP contribution in [0.5, 0.6) is 5.88 Å². The van der Waals surface area contributed by atoms with Gasteiger partial charge in [-0.05, 0) is 49.4 Å². The second kappa shape index (κ2) is 8.43. The average molecular weight is 421 g/mol. The van der Waals surface area contributed by atoms with Crippen LogP contribution in [0.2, 0.25) is 0 Å². The van der Waals surface area contributed by atoms with E-state index in [1.54, 1.807) is 19.1 Å². The van der Waals surface area contributed by atoms with E-state index in [4.69, 9.17) is 9.47 Å². The fourth-order valence-corrected chi connectivity index (χ4v) is 3.11. The molecule has 0 N–H and O–H groups in total. The number of rotatable bonds is 5. The molecule has 0 radical (unpaired) electrons. The summed E-state index contributed by atoms with van der Waals surface area (Å²) in [5, 5.41) is 0. The van der Waals surface area contributed by atoms with E-state index in [2.05, 4.69) is 15.0 Å². The van der Waals surface area contributed by atoms with Gasteiger partial charge in [-0.2, -0.15) is 0 Å². The highest BCUT2D eigenvalue weighted by molar-refractivity contribution is 5.95. The topological polar surface area (TPSA) is 74.2 Å². The third-order valence-electron chi connectivity index (χ3n) is 4.59. The van der Waals surface area contributed by atoms with Gasteiger partial charge in [-0.3, -0.25) is 0 Å². The lowest BCUT2D eigenvalue weighted by Crippen LogP contribution is -2.05. The van der Waals surface area contributed by atoms with E-state index in [-0.39, 0.29) is 23.7 Å². The van der Waals surface area contributed by atoms with Crippen molar-refractivity contribution in [3.63, 3.8) is 0 Å². The molecule has 8 heteroatoms. The molecule has 0 aliphatic carbocycles. The lowest BCUT2D eigenvalue weighted by Gasteiger charge is -2.12. The maximum atomic E-state index is 14.7. The number of halogens is 2. The zero-order valence-electron chi connectivity index (χ0n) is 16.7. The Labute approximate surface area is 176 Å². The van der Waals surface area contributed by atoms with Crippen molar-refractivity contribution in [3.8, 4) is 28.4 Å². The molecule has 0 fully saturated rings. The normalized spacial score (nSPS) is 10.8. The molecule has 2 aromatic carbocycles. The van der Waals surface area contributed by atoms with E-state index in [9.17, 15) is 13.6 Å². The Balaban J connectivity index is 1.98. The zero-order valence-corrected chi connectivity index (χ0v) is 16.7. The maximum absolute atomic E-state index is 14.7. The molecular formula is C23H17F2N3O3. The molecule has 2 heterocycles. The zero-order chi connectivity index (χ0) is 22.0. The number of pyridine rings is 1. The summed E-state index contributed by atoms with van der Waals surface area (Å²) in [6.45, 7) is 1.95. The van der Waals surface area contributed by atoms with Crippen molar-refractivity contribution in [1.29, 1.82) is 0 Å². The van der Waals surface area contributed by atoms with Crippen LogP contribution in [0, 0.1) is 11.6 Å². The first kappa shape index (κ1) is 20.3. The summed E-state index contributed by atoms with van der Waals surface area (Å²) in [5.41, 5.74) is 2.38. The van der Waals surface area contributed by atoms with E-state index in [1.165, 1.54) is 43.5 Å². The molecule has 0 bridgehead atoms. The van der Waals surface area contributed by atoms with Crippen LogP contribution in [-0.4, -0.2) is 34.6 Å². The Morgan fingerprint density at radius 3 is 2.42 bits per heavy atom. The number of fused-ring (bicyclic) bond motifs is 1. The van der Waals surface area contributed by atoms with E-state index in [0.717, 1.165) is 6.20 Å². The number of hydrogen-bond acceptors (Lipinski definition) is 6. The van der Waals surface area contributed by atoms with Crippen molar-refractivity contribution in [2.24, 2.45) is 0 Å². The Hall–Kier alpha value is -3.94. The van der Waals surface area contributed by atoms with E-state index < -0.39 is 17.6 Å². The first-order valence-corrected chi connectivity index (χ1v) is 9.45. The van der Waals surface area contributed by atoms with Gasteiger partial charge in [-0.25, -0.2) is 28.5 Å². The van der Waals surface area contributed by atoms with Crippen LogP contribution in [0.25, 0.3) is 33.5 Å². The number of nitrogens with zero attached hydrogens (tertiary/aromatic N) is 3. The molecule has 0 saturated carbocycles. The van der Waals surface area contributed by atoms with Crippen LogP contribution in [0.4, 0.5) is 8.78 Å². The first-order chi connectivity index (χ1) is 15.0. The molecule has 0 aliphatic heterocycles. The van der Waals surface area contributed by atoms with Crippen molar-refractivity contribution < 1.29 is 23.0 Å². The molecule has 0 spiro atoms. The largest absolute Gasteiger partial charge is 0.481 e. The number of hydrogen-bond donors (Lipinski definition) is 0. The predicted molar refractivity (Wildman–Crippen MR) is 111 cm³/mol. The number of aromatic nitrogens is 3.